The number of esters is 1. The summed E-state index contributed by atoms with van der Waals surface area (Å²) in [5, 5.41) is 0. The smallest absolute Gasteiger partial charge is 0.304 e. The van der Waals surface area contributed by atoms with Crippen LogP contribution in [0.15, 0.2) is 0 Å². The molecule has 0 aromatic rings. The summed E-state index contributed by atoms with van der Waals surface area (Å²) in [5.41, 5.74) is 0. The molecular weight excluding hydrogens is 156 g/mol. The van der Waals surface area contributed by atoms with Crippen molar-refractivity contribution in [3.8, 4) is 0 Å². The zero-order chi connectivity index (χ0) is 9.40. The normalized spacial score (nSPS) is 12.6. The van der Waals surface area contributed by atoms with Gasteiger partial charge in [-0.25, -0.2) is 0 Å². The molecule has 0 saturated carbocycles. The summed E-state index contributed by atoms with van der Waals surface area (Å²) in [6.07, 6.45) is 3.32. The van der Waals surface area contributed by atoms with Crippen LogP contribution in [-0.2, 0) is 14.3 Å². The van der Waals surface area contributed by atoms with E-state index in [1.54, 1.807) is 0 Å². The predicted molar refractivity (Wildman–Crippen MR) is 46.7 cm³/mol. The van der Waals surface area contributed by atoms with Crippen molar-refractivity contribution in [1.82, 2.24) is 0 Å². The molecule has 0 aromatic heterocycles. The van der Waals surface area contributed by atoms with Crippen molar-refractivity contribution >= 4 is 5.97 Å². The highest BCUT2D eigenvalue weighted by Crippen LogP contribution is 2.05. The number of rotatable bonds is 6. The Morgan fingerprint density at radius 3 is 2.50 bits per heavy atom. The van der Waals surface area contributed by atoms with Gasteiger partial charge >= 0.3 is 5.97 Å². The molecule has 0 bridgehead atoms. The fourth-order valence-electron chi connectivity index (χ4n) is 0.941. The van der Waals surface area contributed by atoms with Gasteiger partial charge in [-0.3, -0.25) is 4.79 Å². The molecule has 0 aromatic carbocycles. The number of carbonyl (C=O) groups excluding carboxylic acids is 1. The molecule has 0 heterocycles. The number of ether oxygens (including phenoxy) is 2. The molecule has 0 rings (SSSR count). The molecule has 0 radical (unpaired) electrons. The van der Waals surface area contributed by atoms with Gasteiger partial charge in [0.15, 0.2) is 6.79 Å². The molecule has 3 nitrogen and oxygen atoms in total. The topological polar surface area (TPSA) is 35.5 Å². The first-order chi connectivity index (χ1) is 5.70. The third kappa shape index (κ3) is 6.16. The maximum atomic E-state index is 10.4. The van der Waals surface area contributed by atoms with Crippen LogP contribution < -0.4 is 0 Å². The molecule has 72 valence electrons. The Hall–Kier alpha value is -0.570. The second-order valence-corrected chi connectivity index (χ2v) is 2.74. The van der Waals surface area contributed by atoms with Crippen molar-refractivity contribution in [2.24, 2.45) is 0 Å². The highest BCUT2D eigenvalue weighted by molar-refractivity contribution is 5.65. The van der Waals surface area contributed by atoms with Crippen LogP contribution in [0.5, 0.6) is 0 Å². The highest BCUT2D eigenvalue weighted by atomic mass is 16.7. The van der Waals surface area contributed by atoms with E-state index < -0.39 is 0 Å². The average molecular weight is 174 g/mol. The van der Waals surface area contributed by atoms with E-state index >= 15 is 0 Å². The van der Waals surface area contributed by atoms with Crippen LogP contribution in [0.4, 0.5) is 0 Å². The van der Waals surface area contributed by atoms with Gasteiger partial charge < -0.3 is 9.47 Å². The van der Waals surface area contributed by atoms with Gasteiger partial charge in [-0.15, -0.1) is 0 Å². The van der Waals surface area contributed by atoms with Crippen LogP contribution in [0.25, 0.3) is 0 Å². The van der Waals surface area contributed by atoms with Crippen molar-refractivity contribution < 1.29 is 14.3 Å². The minimum atomic E-state index is -0.290. The van der Waals surface area contributed by atoms with Crippen LogP contribution >= 0.6 is 0 Å². The van der Waals surface area contributed by atoms with E-state index in [1.165, 1.54) is 6.92 Å². The van der Waals surface area contributed by atoms with E-state index in [4.69, 9.17) is 4.74 Å². The molecule has 1 atom stereocenters. The lowest BCUT2D eigenvalue weighted by Crippen LogP contribution is -2.15. The van der Waals surface area contributed by atoms with E-state index in [2.05, 4.69) is 18.6 Å². The van der Waals surface area contributed by atoms with Crippen molar-refractivity contribution in [3.05, 3.63) is 0 Å². The first kappa shape index (κ1) is 11.4. The molecule has 0 spiro atoms. The van der Waals surface area contributed by atoms with Gasteiger partial charge in [0.1, 0.15) is 0 Å². The van der Waals surface area contributed by atoms with E-state index in [0.29, 0.717) is 0 Å². The Labute approximate surface area is 74.0 Å². The standard InChI is InChI=1S/C9H18O3/c1-4-6-9(5-2)12-7-11-8(3)10/h9H,4-7H2,1-3H3. The fourth-order valence-corrected chi connectivity index (χ4v) is 0.941. The van der Waals surface area contributed by atoms with Crippen LogP contribution in [0.1, 0.15) is 40.0 Å². The van der Waals surface area contributed by atoms with E-state index in [-0.39, 0.29) is 18.9 Å². The van der Waals surface area contributed by atoms with Gasteiger partial charge in [0.2, 0.25) is 0 Å². The summed E-state index contributed by atoms with van der Waals surface area (Å²) in [4.78, 5) is 10.4. The summed E-state index contributed by atoms with van der Waals surface area (Å²) in [6, 6.07) is 0. The molecule has 12 heavy (non-hydrogen) atoms. The van der Waals surface area contributed by atoms with Crippen LogP contribution in [0, 0.1) is 0 Å². The molecule has 0 amide bonds. The number of carbonyl (C=O) groups is 1. The first-order valence-corrected chi connectivity index (χ1v) is 4.45. The number of hydrogen-bond donors (Lipinski definition) is 0. The van der Waals surface area contributed by atoms with Crippen molar-refractivity contribution in [2.45, 2.75) is 46.1 Å². The maximum absolute atomic E-state index is 10.4. The van der Waals surface area contributed by atoms with Crippen molar-refractivity contribution in [3.63, 3.8) is 0 Å². The first-order valence-electron chi connectivity index (χ1n) is 4.45. The maximum Gasteiger partial charge on any atom is 0.304 e. The van der Waals surface area contributed by atoms with E-state index in [9.17, 15) is 4.79 Å². The fraction of sp³-hybridized carbons (Fsp3) is 0.889. The lowest BCUT2D eigenvalue weighted by atomic mass is 10.2. The molecule has 0 aliphatic heterocycles. The zero-order valence-corrected chi connectivity index (χ0v) is 8.13. The Balaban J connectivity index is 3.37. The molecular formula is C9H18O3. The van der Waals surface area contributed by atoms with E-state index in [0.717, 1.165) is 19.3 Å². The molecule has 0 N–H and O–H groups in total. The van der Waals surface area contributed by atoms with Gasteiger partial charge in [-0.05, 0) is 12.8 Å². The molecule has 1 unspecified atom stereocenters. The molecule has 0 aliphatic rings. The minimum Gasteiger partial charge on any atom is -0.439 e. The van der Waals surface area contributed by atoms with Crippen molar-refractivity contribution in [1.29, 1.82) is 0 Å². The largest absolute Gasteiger partial charge is 0.439 e. The SMILES string of the molecule is CCCC(CC)OCOC(C)=O. The second kappa shape index (κ2) is 7.10. The molecule has 0 saturated heterocycles. The number of hydrogen-bond acceptors (Lipinski definition) is 3. The summed E-state index contributed by atoms with van der Waals surface area (Å²) in [5.74, 6) is -0.290. The lowest BCUT2D eigenvalue weighted by molar-refractivity contribution is -0.158. The van der Waals surface area contributed by atoms with Gasteiger partial charge in [0.25, 0.3) is 0 Å². The second-order valence-electron chi connectivity index (χ2n) is 2.74. The van der Waals surface area contributed by atoms with Crippen LogP contribution in [0.2, 0.25) is 0 Å². The van der Waals surface area contributed by atoms with Gasteiger partial charge in [0, 0.05) is 6.92 Å². The summed E-state index contributed by atoms with van der Waals surface area (Å²) in [7, 11) is 0. The Kier molecular flexibility index (Phi) is 6.76. The zero-order valence-electron chi connectivity index (χ0n) is 8.13. The van der Waals surface area contributed by atoms with E-state index in [1.807, 2.05) is 0 Å². The highest BCUT2D eigenvalue weighted by Gasteiger charge is 2.04. The average Bonchev–Trinajstić information content (AvgIpc) is 2.02. The molecule has 3 heteroatoms. The van der Waals surface area contributed by atoms with Crippen LogP contribution in [0.3, 0.4) is 0 Å². The monoisotopic (exact) mass is 174 g/mol. The van der Waals surface area contributed by atoms with Crippen LogP contribution in [-0.4, -0.2) is 18.9 Å². The summed E-state index contributed by atoms with van der Waals surface area (Å²) < 4.78 is 9.96. The quantitative estimate of drug-likeness (QED) is 0.457. The lowest BCUT2D eigenvalue weighted by Gasteiger charge is -2.14. The Morgan fingerprint density at radius 1 is 1.42 bits per heavy atom. The minimum absolute atomic E-state index is 0.0911. The summed E-state index contributed by atoms with van der Waals surface area (Å²) >= 11 is 0. The summed E-state index contributed by atoms with van der Waals surface area (Å²) in [6.45, 7) is 5.64. The third-order valence-electron chi connectivity index (χ3n) is 1.63. The van der Waals surface area contributed by atoms with Gasteiger partial charge in [0.05, 0.1) is 6.10 Å². The van der Waals surface area contributed by atoms with Gasteiger partial charge in [-0.2, -0.15) is 0 Å². The van der Waals surface area contributed by atoms with Crippen molar-refractivity contribution in [2.75, 3.05) is 6.79 Å². The molecule has 0 aliphatic carbocycles. The Bertz CT molecular complexity index is 123. The molecule has 0 fully saturated rings. The predicted octanol–water partition coefficient (Wildman–Crippen LogP) is 2.10. The van der Waals surface area contributed by atoms with Gasteiger partial charge in [-0.1, -0.05) is 20.3 Å². The Morgan fingerprint density at radius 2 is 2.08 bits per heavy atom. The third-order valence-corrected chi connectivity index (χ3v) is 1.63.